The second-order valence-corrected chi connectivity index (χ2v) is 4.11. The van der Waals surface area contributed by atoms with Gasteiger partial charge in [0.1, 0.15) is 5.75 Å². The van der Waals surface area contributed by atoms with E-state index in [2.05, 4.69) is 0 Å². The fraction of sp³-hybridized carbons (Fsp3) is 0.500. The Morgan fingerprint density at radius 3 is 2.74 bits per heavy atom. The first-order valence-corrected chi connectivity index (χ1v) is 6.49. The van der Waals surface area contributed by atoms with Gasteiger partial charge in [-0.3, -0.25) is 0 Å². The second-order valence-electron chi connectivity index (χ2n) is 4.11. The molecule has 0 heterocycles. The third-order valence-corrected chi connectivity index (χ3v) is 2.58. The number of aliphatic hydroxyl groups is 1. The number of aliphatic hydroxyl groups excluding tert-OH is 1. The fourth-order valence-electron chi connectivity index (χ4n) is 1.60. The van der Waals surface area contributed by atoms with Crippen molar-refractivity contribution >= 4 is 11.7 Å². The zero-order valence-corrected chi connectivity index (χ0v) is 11.2. The van der Waals surface area contributed by atoms with Gasteiger partial charge in [0.05, 0.1) is 24.5 Å². The molecule has 0 spiro atoms. The minimum Gasteiger partial charge on any atom is -0.492 e. The molecule has 0 amide bonds. The summed E-state index contributed by atoms with van der Waals surface area (Å²) in [6.45, 7) is 2.92. The van der Waals surface area contributed by atoms with E-state index in [0.717, 1.165) is 19.3 Å². The number of benzene rings is 1. The minimum atomic E-state index is -0.390. The van der Waals surface area contributed by atoms with Gasteiger partial charge in [-0.2, -0.15) is 0 Å². The first-order valence-electron chi connectivity index (χ1n) is 6.49. The second kappa shape index (κ2) is 8.37. The maximum atomic E-state index is 11.7. The number of carbonyl (C=O) groups is 1. The van der Waals surface area contributed by atoms with Gasteiger partial charge in [0.25, 0.3) is 0 Å². The lowest BCUT2D eigenvalue weighted by Crippen LogP contribution is -2.08. The Bertz CT molecular complexity index is 406. The average molecular weight is 267 g/mol. The van der Waals surface area contributed by atoms with Gasteiger partial charge in [0.2, 0.25) is 0 Å². The predicted octanol–water partition coefficient (Wildman–Crippen LogP) is 1.99. The molecule has 0 bridgehead atoms. The summed E-state index contributed by atoms with van der Waals surface area (Å²) >= 11 is 0. The number of carbonyl (C=O) groups excluding carboxylic acids is 1. The first-order chi connectivity index (χ1) is 9.19. The molecule has 1 rings (SSSR count). The molecule has 1 aromatic carbocycles. The van der Waals surface area contributed by atoms with Crippen LogP contribution < -0.4 is 10.5 Å². The molecular weight excluding hydrogens is 246 g/mol. The van der Waals surface area contributed by atoms with Crippen molar-refractivity contribution in [2.75, 3.05) is 25.6 Å². The van der Waals surface area contributed by atoms with Gasteiger partial charge >= 0.3 is 5.97 Å². The molecule has 0 aliphatic rings. The molecule has 0 unspecified atom stereocenters. The van der Waals surface area contributed by atoms with Crippen molar-refractivity contribution in [3.63, 3.8) is 0 Å². The standard InChI is InChI=1S/C14H21NO4/c1-2-18-13-7-6-11(10-12(13)15)14(17)19-9-5-3-4-8-16/h6-7,10,16H,2-5,8-9,15H2,1H3. The van der Waals surface area contributed by atoms with E-state index in [1.54, 1.807) is 18.2 Å². The summed E-state index contributed by atoms with van der Waals surface area (Å²) in [5, 5.41) is 8.62. The quantitative estimate of drug-likeness (QED) is 0.427. The molecule has 3 N–H and O–H groups in total. The van der Waals surface area contributed by atoms with E-state index in [4.69, 9.17) is 20.3 Å². The van der Waals surface area contributed by atoms with Gasteiger partial charge in [-0.25, -0.2) is 4.79 Å². The maximum Gasteiger partial charge on any atom is 0.338 e. The van der Waals surface area contributed by atoms with Crippen LogP contribution in [-0.4, -0.2) is 30.9 Å². The largest absolute Gasteiger partial charge is 0.492 e. The highest BCUT2D eigenvalue weighted by molar-refractivity contribution is 5.91. The number of anilines is 1. The number of rotatable bonds is 8. The van der Waals surface area contributed by atoms with Gasteiger partial charge in [0.15, 0.2) is 0 Å². The normalized spacial score (nSPS) is 10.2. The fourth-order valence-corrected chi connectivity index (χ4v) is 1.60. The first kappa shape index (κ1) is 15.3. The monoisotopic (exact) mass is 267 g/mol. The van der Waals surface area contributed by atoms with Crippen molar-refractivity contribution in [3.05, 3.63) is 23.8 Å². The molecule has 0 aromatic heterocycles. The Morgan fingerprint density at radius 1 is 1.32 bits per heavy atom. The van der Waals surface area contributed by atoms with Crippen molar-refractivity contribution in [2.24, 2.45) is 0 Å². The van der Waals surface area contributed by atoms with Gasteiger partial charge in [-0.05, 0) is 44.4 Å². The Labute approximate surface area is 113 Å². The Kier molecular flexibility index (Phi) is 6.74. The molecule has 0 aliphatic carbocycles. The highest BCUT2D eigenvalue weighted by Crippen LogP contribution is 2.22. The van der Waals surface area contributed by atoms with Crippen LogP contribution >= 0.6 is 0 Å². The number of unbranched alkanes of at least 4 members (excludes halogenated alkanes) is 2. The molecule has 0 aliphatic heterocycles. The number of nitrogens with two attached hydrogens (primary N) is 1. The van der Waals surface area contributed by atoms with Crippen LogP contribution in [0.5, 0.6) is 5.75 Å². The van der Waals surface area contributed by atoms with Crippen LogP contribution in [0.25, 0.3) is 0 Å². The number of esters is 1. The number of nitrogen functional groups attached to an aromatic ring is 1. The van der Waals surface area contributed by atoms with Crippen LogP contribution in [0.2, 0.25) is 0 Å². The predicted molar refractivity (Wildman–Crippen MR) is 73.2 cm³/mol. The molecule has 0 radical (unpaired) electrons. The number of hydrogen-bond donors (Lipinski definition) is 2. The molecule has 0 saturated carbocycles. The zero-order chi connectivity index (χ0) is 14.1. The summed E-state index contributed by atoms with van der Waals surface area (Å²) in [6.07, 6.45) is 2.32. The van der Waals surface area contributed by atoms with Gasteiger partial charge in [-0.1, -0.05) is 0 Å². The molecule has 5 heteroatoms. The van der Waals surface area contributed by atoms with E-state index in [9.17, 15) is 4.79 Å². The van der Waals surface area contributed by atoms with Crippen LogP contribution in [0.3, 0.4) is 0 Å². The summed E-state index contributed by atoms with van der Waals surface area (Å²) in [6, 6.07) is 4.86. The summed E-state index contributed by atoms with van der Waals surface area (Å²) < 4.78 is 10.4. The molecule has 19 heavy (non-hydrogen) atoms. The molecule has 1 aromatic rings. The van der Waals surface area contributed by atoms with Crippen molar-refractivity contribution in [3.8, 4) is 5.75 Å². The topological polar surface area (TPSA) is 81.8 Å². The zero-order valence-electron chi connectivity index (χ0n) is 11.2. The van der Waals surface area contributed by atoms with Gasteiger partial charge < -0.3 is 20.3 Å². The van der Waals surface area contributed by atoms with E-state index in [1.165, 1.54) is 0 Å². The Hall–Kier alpha value is -1.75. The SMILES string of the molecule is CCOc1ccc(C(=O)OCCCCCO)cc1N. The third-order valence-electron chi connectivity index (χ3n) is 2.58. The van der Waals surface area contributed by atoms with Crippen molar-refractivity contribution in [1.29, 1.82) is 0 Å². The summed E-state index contributed by atoms with van der Waals surface area (Å²) in [4.78, 5) is 11.7. The third kappa shape index (κ3) is 5.18. The van der Waals surface area contributed by atoms with Crippen LogP contribution in [0, 0.1) is 0 Å². The van der Waals surface area contributed by atoms with E-state index < -0.39 is 5.97 Å². The van der Waals surface area contributed by atoms with Gasteiger partial charge in [0, 0.05) is 6.61 Å². The lowest BCUT2D eigenvalue weighted by molar-refractivity contribution is 0.0497. The number of ether oxygens (including phenoxy) is 2. The smallest absolute Gasteiger partial charge is 0.338 e. The van der Waals surface area contributed by atoms with E-state index in [1.807, 2.05) is 6.92 Å². The van der Waals surface area contributed by atoms with Crippen LogP contribution in [0.15, 0.2) is 18.2 Å². The highest BCUT2D eigenvalue weighted by atomic mass is 16.5. The number of hydrogen-bond acceptors (Lipinski definition) is 5. The van der Waals surface area contributed by atoms with E-state index >= 15 is 0 Å². The molecule has 0 fully saturated rings. The lowest BCUT2D eigenvalue weighted by atomic mass is 10.2. The molecule has 0 saturated heterocycles. The van der Waals surface area contributed by atoms with Crippen molar-refractivity contribution in [2.45, 2.75) is 26.2 Å². The van der Waals surface area contributed by atoms with Crippen LogP contribution in [0.1, 0.15) is 36.5 Å². The summed E-state index contributed by atoms with van der Waals surface area (Å²) in [5.74, 6) is 0.181. The average Bonchev–Trinajstić information content (AvgIpc) is 2.41. The van der Waals surface area contributed by atoms with E-state index in [0.29, 0.717) is 30.2 Å². The minimum absolute atomic E-state index is 0.170. The Balaban J connectivity index is 2.46. The molecular formula is C14H21NO4. The van der Waals surface area contributed by atoms with Crippen LogP contribution in [0.4, 0.5) is 5.69 Å². The van der Waals surface area contributed by atoms with E-state index in [-0.39, 0.29) is 6.61 Å². The van der Waals surface area contributed by atoms with Crippen LogP contribution in [-0.2, 0) is 4.74 Å². The van der Waals surface area contributed by atoms with Crippen molar-refractivity contribution < 1.29 is 19.4 Å². The lowest BCUT2D eigenvalue weighted by Gasteiger charge is -2.09. The molecule has 106 valence electrons. The summed E-state index contributed by atoms with van der Waals surface area (Å²) in [7, 11) is 0. The van der Waals surface area contributed by atoms with Gasteiger partial charge in [-0.15, -0.1) is 0 Å². The Morgan fingerprint density at radius 2 is 2.11 bits per heavy atom. The summed E-state index contributed by atoms with van der Waals surface area (Å²) in [5.41, 5.74) is 6.63. The molecule has 0 atom stereocenters. The maximum absolute atomic E-state index is 11.7. The highest BCUT2D eigenvalue weighted by Gasteiger charge is 2.09. The van der Waals surface area contributed by atoms with Crippen molar-refractivity contribution in [1.82, 2.24) is 0 Å². The molecule has 5 nitrogen and oxygen atoms in total.